The van der Waals surface area contributed by atoms with Crippen molar-refractivity contribution < 1.29 is 4.74 Å². The minimum Gasteiger partial charge on any atom is -0.378 e. The molecule has 6 nitrogen and oxygen atoms in total. The molecule has 2 fully saturated rings. The summed E-state index contributed by atoms with van der Waals surface area (Å²) in [5, 5.41) is 7.13. The molecule has 1 atom stereocenters. The molecular weight excluding hydrogens is 501 g/mol. The van der Waals surface area contributed by atoms with Gasteiger partial charge >= 0.3 is 0 Å². The molecule has 2 aliphatic heterocycles. The van der Waals surface area contributed by atoms with Gasteiger partial charge in [0.1, 0.15) is 0 Å². The smallest absolute Gasteiger partial charge is 0.191 e. The van der Waals surface area contributed by atoms with E-state index < -0.39 is 0 Å². The first-order valence-electron chi connectivity index (χ1n) is 10.9. The molecule has 2 aromatic carbocycles. The third kappa shape index (κ3) is 6.26. The predicted molar refractivity (Wildman–Crippen MR) is 140 cm³/mol. The lowest BCUT2D eigenvalue weighted by molar-refractivity contribution is 0.122. The number of nitrogens with zero attached hydrogens (tertiary/aromatic N) is 3. The van der Waals surface area contributed by atoms with Gasteiger partial charge < -0.3 is 25.2 Å². The summed E-state index contributed by atoms with van der Waals surface area (Å²) in [5.41, 5.74) is 5.17. The fourth-order valence-electron chi connectivity index (χ4n) is 4.21. The molecule has 0 aromatic heterocycles. The molecule has 2 aromatic rings. The molecule has 4 rings (SSSR count). The van der Waals surface area contributed by atoms with Crippen LogP contribution in [0, 0.1) is 6.92 Å². The molecule has 2 aliphatic rings. The number of morpholine rings is 1. The molecule has 0 spiro atoms. The summed E-state index contributed by atoms with van der Waals surface area (Å²) in [6.07, 6.45) is 1.11. The number of benzene rings is 2. The van der Waals surface area contributed by atoms with Crippen LogP contribution in [0.5, 0.6) is 0 Å². The van der Waals surface area contributed by atoms with Gasteiger partial charge in [-0.05, 0) is 37.1 Å². The van der Waals surface area contributed by atoms with E-state index in [0.29, 0.717) is 6.04 Å². The quantitative estimate of drug-likeness (QED) is 0.350. The van der Waals surface area contributed by atoms with Crippen molar-refractivity contribution in [3.05, 3.63) is 59.7 Å². The van der Waals surface area contributed by atoms with Gasteiger partial charge in [-0.2, -0.15) is 0 Å². The Kier molecular flexibility index (Phi) is 8.83. The molecule has 2 heterocycles. The van der Waals surface area contributed by atoms with E-state index in [1.54, 1.807) is 0 Å². The average Bonchev–Trinajstić information content (AvgIpc) is 3.26. The summed E-state index contributed by atoms with van der Waals surface area (Å²) in [7, 11) is 1.84. The van der Waals surface area contributed by atoms with Crippen LogP contribution in [0.4, 0.5) is 11.4 Å². The van der Waals surface area contributed by atoms with E-state index in [0.717, 1.165) is 58.3 Å². The van der Waals surface area contributed by atoms with Crippen molar-refractivity contribution in [3.8, 4) is 0 Å². The number of para-hydroxylation sites is 1. The van der Waals surface area contributed by atoms with Crippen molar-refractivity contribution in [1.82, 2.24) is 10.6 Å². The standard InChI is InChI=1S/C24H33N5O.HI/c1-19-7-9-22(10-8-19)29-12-11-21(18-29)27-24(25-2)26-17-20-5-3-4-6-23(20)28-13-15-30-16-14-28;/h3-10,21H,11-18H2,1-2H3,(H2,25,26,27);1H. The van der Waals surface area contributed by atoms with Gasteiger partial charge in [-0.25, -0.2) is 0 Å². The van der Waals surface area contributed by atoms with Gasteiger partial charge in [-0.3, -0.25) is 4.99 Å². The van der Waals surface area contributed by atoms with Crippen LogP contribution < -0.4 is 20.4 Å². The van der Waals surface area contributed by atoms with Crippen LogP contribution in [0.25, 0.3) is 0 Å². The Labute approximate surface area is 203 Å². The molecule has 0 radical (unpaired) electrons. The summed E-state index contributed by atoms with van der Waals surface area (Å²) < 4.78 is 5.51. The van der Waals surface area contributed by atoms with E-state index in [1.807, 2.05) is 7.05 Å². The number of anilines is 2. The summed E-state index contributed by atoms with van der Waals surface area (Å²) in [4.78, 5) is 9.31. The Balaban J connectivity index is 0.00000272. The second kappa shape index (κ2) is 11.6. The van der Waals surface area contributed by atoms with E-state index >= 15 is 0 Å². The van der Waals surface area contributed by atoms with Crippen LogP contribution in [0.1, 0.15) is 17.5 Å². The highest BCUT2D eigenvalue weighted by molar-refractivity contribution is 14.0. The third-order valence-electron chi connectivity index (χ3n) is 5.94. The number of hydrogen-bond acceptors (Lipinski definition) is 4. The zero-order valence-electron chi connectivity index (χ0n) is 18.5. The van der Waals surface area contributed by atoms with Gasteiger partial charge in [0.25, 0.3) is 0 Å². The van der Waals surface area contributed by atoms with Gasteiger partial charge in [-0.1, -0.05) is 35.9 Å². The SMILES string of the molecule is CN=C(NCc1ccccc1N1CCOCC1)NC1CCN(c2ccc(C)cc2)C1.I. The van der Waals surface area contributed by atoms with E-state index in [4.69, 9.17) is 4.74 Å². The van der Waals surface area contributed by atoms with Gasteiger partial charge in [0.2, 0.25) is 0 Å². The lowest BCUT2D eigenvalue weighted by Gasteiger charge is -2.30. The highest BCUT2D eigenvalue weighted by Crippen LogP contribution is 2.22. The minimum absolute atomic E-state index is 0. The lowest BCUT2D eigenvalue weighted by Crippen LogP contribution is -2.44. The summed E-state index contributed by atoms with van der Waals surface area (Å²) in [6.45, 7) is 8.43. The van der Waals surface area contributed by atoms with Crippen LogP contribution >= 0.6 is 24.0 Å². The first-order valence-corrected chi connectivity index (χ1v) is 10.9. The molecule has 0 amide bonds. The van der Waals surface area contributed by atoms with Gasteiger partial charge in [0.15, 0.2) is 5.96 Å². The van der Waals surface area contributed by atoms with Crippen molar-refractivity contribution in [2.75, 3.05) is 56.2 Å². The Morgan fingerprint density at radius 3 is 2.52 bits per heavy atom. The number of aryl methyl sites for hydroxylation is 1. The molecule has 0 bridgehead atoms. The van der Waals surface area contributed by atoms with Crippen LogP contribution in [0.2, 0.25) is 0 Å². The summed E-state index contributed by atoms with van der Waals surface area (Å²) >= 11 is 0. The Hall–Kier alpha value is -2.00. The van der Waals surface area contributed by atoms with Crippen molar-refractivity contribution in [2.45, 2.75) is 25.9 Å². The Morgan fingerprint density at radius 2 is 1.77 bits per heavy atom. The average molecular weight is 535 g/mol. The molecule has 2 saturated heterocycles. The lowest BCUT2D eigenvalue weighted by atomic mass is 10.1. The predicted octanol–water partition coefficient (Wildman–Crippen LogP) is 3.39. The number of rotatable bonds is 5. The van der Waals surface area contributed by atoms with Crippen LogP contribution in [-0.4, -0.2) is 58.4 Å². The molecule has 1 unspecified atom stereocenters. The van der Waals surface area contributed by atoms with Crippen molar-refractivity contribution in [3.63, 3.8) is 0 Å². The molecular formula is C24H34IN5O. The monoisotopic (exact) mass is 535 g/mol. The largest absolute Gasteiger partial charge is 0.378 e. The minimum atomic E-state index is 0. The van der Waals surface area contributed by atoms with E-state index in [9.17, 15) is 0 Å². The van der Waals surface area contributed by atoms with Crippen molar-refractivity contribution in [1.29, 1.82) is 0 Å². The highest BCUT2D eigenvalue weighted by Gasteiger charge is 2.23. The molecule has 31 heavy (non-hydrogen) atoms. The van der Waals surface area contributed by atoms with Crippen LogP contribution in [0.3, 0.4) is 0 Å². The van der Waals surface area contributed by atoms with E-state index in [-0.39, 0.29) is 24.0 Å². The number of aliphatic imine (C=N–C) groups is 1. The zero-order chi connectivity index (χ0) is 20.8. The maximum Gasteiger partial charge on any atom is 0.191 e. The normalized spacial score (nSPS) is 19.2. The number of ether oxygens (including phenoxy) is 1. The zero-order valence-corrected chi connectivity index (χ0v) is 20.8. The molecule has 0 saturated carbocycles. The molecule has 2 N–H and O–H groups in total. The first kappa shape index (κ1) is 23.7. The second-order valence-corrected chi connectivity index (χ2v) is 8.07. The maximum absolute atomic E-state index is 5.51. The summed E-state index contributed by atoms with van der Waals surface area (Å²) in [6, 6.07) is 17.8. The van der Waals surface area contributed by atoms with Gasteiger partial charge in [0, 0.05) is 57.2 Å². The van der Waals surface area contributed by atoms with Crippen molar-refractivity contribution in [2.24, 2.45) is 4.99 Å². The maximum atomic E-state index is 5.51. The van der Waals surface area contributed by atoms with Crippen LogP contribution in [-0.2, 0) is 11.3 Å². The number of hydrogen-bond donors (Lipinski definition) is 2. The molecule has 168 valence electrons. The fourth-order valence-corrected chi connectivity index (χ4v) is 4.21. The molecule has 0 aliphatic carbocycles. The highest BCUT2D eigenvalue weighted by atomic mass is 127. The summed E-state index contributed by atoms with van der Waals surface area (Å²) in [5.74, 6) is 0.863. The Bertz CT molecular complexity index is 851. The van der Waals surface area contributed by atoms with Gasteiger partial charge in [-0.15, -0.1) is 24.0 Å². The Morgan fingerprint density at radius 1 is 1.03 bits per heavy atom. The van der Waals surface area contributed by atoms with Crippen molar-refractivity contribution >= 4 is 41.3 Å². The number of nitrogens with one attached hydrogen (secondary N) is 2. The van der Waals surface area contributed by atoms with E-state index in [2.05, 4.69) is 80.9 Å². The molecule has 7 heteroatoms. The van der Waals surface area contributed by atoms with E-state index in [1.165, 1.54) is 22.5 Å². The number of guanidine groups is 1. The number of halogens is 1. The second-order valence-electron chi connectivity index (χ2n) is 8.07. The van der Waals surface area contributed by atoms with Gasteiger partial charge in [0.05, 0.1) is 13.2 Å². The first-order chi connectivity index (χ1) is 14.7. The van der Waals surface area contributed by atoms with Crippen LogP contribution in [0.15, 0.2) is 53.5 Å². The topological polar surface area (TPSA) is 52.1 Å². The third-order valence-corrected chi connectivity index (χ3v) is 5.94. The fraction of sp³-hybridized carbons (Fsp3) is 0.458.